The lowest BCUT2D eigenvalue weighted by molar-refractivity contribution is -0.140. The maximum atomic E-state index is 12.5. The Balaban J connectivity index is 1.91. The number of primary amides is 1. The molecule has 108 valence electrons. The smallest absolute Gasteiger partial charge is 0.227 e. The number of carbonyl (C=O) groups excluding carboxylic acids is 2. The minimum Gasteiger partial charge on any atom is -0.369 e. The Morgan fingerprint density at radius 3 is 2.32 bits per heavy atom. The van der Waals surface area contributed by atoms with Crippen molar-refractivity contribution in [2.45, 2.75) is 45.1 Å². The summed E-state index contributed by atoms with van der Waals surface area (Å²) in [6, 6.07) is -0.00226. The zero-order valence-electron chi connectivity index (χ0n) is 11.7. The van der Waals surface area contributed by atoms with Gasteiger partial charge in [-0.3, -0.25) is 9.59 Å². The molecule has 0 aromatic carbocycles. The third kappa shape index (κ3) is 3.26. The van der Waals surface area contributed by atoms with Crippen LogP contribution in [0.25, 0.3) is 0 Å². The molecule has 2 fully saturated rings. The first-order valence-electron chi connectivity index (χ1n) is 7.32. The topological polar surface area (TPSA) is 89.4 Å². The first-order valence-corrected chi connectivity index (χ1v) is 7.32. The van der Waals surface area contributed by atoms with Crippen LogP contribution in [0.15, 0.2) is 0 Å². The molecule has 0 spiro atoms. The van der Waals surface area contributed by atoms with E-state index in [-0.39, 0.29) is 29.7 Å². The number of hydrogen-bond acceptors (Lipinski definition) is 3. The number of rotatable bonds is 2. The lowest BCUT2D eigenvalue weighted by Gasteiger charge is -2.38. The van der Waals surface area contributed by atoms with Gasteiger partial charge in [0.05, 0.1) is 5.92 Å². The van der Waals surface area contributed by atoms with E-state index in [2.05, 4.69) is 6.92 Å². The van der Waals surface area contributed by atoms with E-state index < -0.39 is 0 Å². The second-order valence-electron chi connectivity index (χ2n) is 6.19. The summed E-state index contributed by atoms with van der Waals surface area (Å²) < 4.78 is 0. The molecule has 2 rings (SSSR count). The minimum absolute atomic E-state index is 0.00226. The van der Waals surface area contributed by atoms with Crippen molar-refractivity contribution in [3.8, 4) is 0 Å². The second kappa shape index (κ2) is 5.90. The molecule has 0 aromatic rings. The van der Waals surface area contributed by atoms with Gasteiger partial charge in [0.25, 0.3) is 0 Å². The lowest BCUT2D eigenvalue weighted by atomic mass is 9.78. The highest BCUT2D eigenvalue weighted by Gasteiger charge is 2.35. The Morgan fingerprint density at radius 2 is 1.74 bits per heavy atom. The Morgan fingerprint density at radius 1 is 1.11 bits per heavy atom. The highest BCUT2D eigenvalue weighted by Crippen LogP contribution is 2.30. The third-order valence-corrected chi connectivity index (χ3v) is 4.69. The van der Waals surface area contributed by atoms with Crippen molar-refractivity contribution in [1.82, 2.24) is 4.90 Å². The van der Waals surface area contributed by atoms with Crippen molar-refractivity contribution < 1.29 is 9.59 Å². The van der Waals surface area contributed by atoms with Crippen LogP contribution in [0.5, 0.6) is 0 Å². The van der Waals surface area contributed by atoms with Crippen LogP contribution in [0.4, 0.5) is 0 Å². The lowest BCUT2D eigenvalue weighted by Crippen LogP contribution is -2.50. The zero-order valence-corrected chi connectivity index (χ0v) is 11.7. The molecule has 5 heteroatoms. The van der Waals surface area contributed by atoms with Gasteiger partial charge in [0.15, 0.2) is 0 Å². The molecule has 1 aliphatic carbocycles. The molecular weight excluding hydrogens is 242 g/mol. The van der Waals surface area contributed by atoms with Gasteiger partial charge in [0.1, 0.15) is 0 Å². The Labute approximate surface area is 114 Å². The van der Waals surface area contributed by atoms with Crippen LogP contribution >= 0.6 is 0 Å². The molecule has 3 atom stereocenters. The molecule has 4 N–H and O–H groups in total. The third-order valence-electron chi connectivity index (χ3n) is 4.69. The summed E-state index contributed by atoms with van der Waals surface area (Å²) in [7, 11) is 0. The van der Waals surface area contributed by atoms with Crippen LogP contribution in [0.3, 0.4) is 0 Å². The van der Waals surface area contributed by atoms with Crippen molar-refractivity contribution in [1.29, 1.82) is 0 Å². The monoisotopic (exact) mass is 267 g/mol. The predicted molar refractivity (Wildman–Crippen MR) is 73.0 cm³/mol. The van der Waals surface area contributed by atoms with Crippen molar-refractivity contribution in [2.24, 2.45) is 29.2 Å². The Bertz CT molecular complexity index is 351. The van der Waals surface area contributed by atoms with Crippen LogP contribution in [-0.2, 0) is 9.59 Å². The molecule has 1 aliphatic heterocycles. The molecule has 5 nitrogen and oxygen atoms in total. The first-order chi connectivity index (χ1) is 8.99. The fraction of sp³-hybridized carbons (Fsp3) is 0.857. The molecule has 0 bridgehead atoms. The fourth-order valence-electron chi connectivity index (χ4n) is 3.31. The predicted octanol–water partition coefficient (Wildman–Crippen LogP) is 0.474. The van der Waals surface area contributed by atoms with Gasteiger partial charge in [0.2, 0.25) is 11.8 Å². The van der Waals surface area contributed by atoms with Crippen molar-refractivity contribution in [3.05, 3.63) is 0 Å². The summed E-state index contributed by atoms with van der Waals surface area (Å²) >= 11 is 0. The van der Waals surface area contributed by atoms with E-state index in [0.29, 0.717) is 31.8 Å². The van der Waals surface area contributed by atoms with Crippen LogP contribution in [-0.4, -0.2) is 35.8 Å². The van der Waals surface area contributed by atoms with Crippen LogP contribution in [0, 0.1) is 17.8 Å². The quantitative estimate of drug-likeness (QED) is 0.762. The van der Waals surface area contributed by atoms with Crippen LogP contribution in [0.2, 0.25) is 0 Å². The highest BCUT2D eigenvalue weighted by molar-refractivity contribution is 5.81. The van der Waals surface area contributed by atoms with E-state index in [0.717, 1.165) is 19.3 Å². The Kier molecular flexibility index (Phi) is 4.45. The molecular formula is C14H25N3O2. The number of hydrogen-bond donors (Lipinski definition) is 2. The number of piperidine rings is 1. The maximum Gasteiger partial charge on any atom is 0.227 e. The van der Waals surface area contributed by atoms with E-state index in [1.807, 2.05) is 4.90 Å². The number of likely N-dealkylation sites (tertiary alicyclic amines) is 1. The van der Waals surface area contributed by atoms with E-state index in [1.165, 1.54) is 0 Å². The van der Waals surface area contributed by atoms with Gasteiger partial charge in [-0.05, 0) is 38.0 Å². The zero-order chi connectivity index (χ0) is 14.0. The summed E-state index contributed by atoms with van der Waals surface area (Å²) in [6.07, 6.45) is 4.34. The van der Waals surface area contributed by atoms with E-state index in [1.54, 1.807) is 0 Å². The molecule has 19 heavy (non-hydrogen) atoms. The van der Waals surface area contributed by atoms with Gasteiger partial charge in [-0.1, -0.05) is 6.92 Å². The summed E-state index contributed by atoms with van der Waals surface area (Å²) in [5, 5.41) is 0. The average Bonchev–Trinajstić information content (AvgIpc) is 2.41. The molecule has 0 aromatic heterocycles. The van der Waals surface area contributed by atoms with Gasteiger partial charge in [-0.25, -0.2) is 0 Å². The summed E-state index contributed by atoms with van der Waals surface area (Å²) in [5.41, 5.74) is 11.4. The van der Waals surface area contributed by atoms with Crippen LogP contribution in [0.1, 0.15) is 39.0 Å². The summed E-state index contributed by atoms with van der Waals surface area (Å²) in [6.45, 7) is 3.47. The van der Waals surface area contributed by atoms with Gasteiger partial charge >= 0.3 is 0 Å². The summed E-state index contributed by atoms with van der Waals surface area (Å²) in [5.74, 6) is 0.422. The standard InChI is InChI=1S/C14H25N3O2/c1-9-2-3-12(15)11(8-9)14(19)17-6-4-10(5-7-17)13(16)18/h9-12H,2-8,15H2,1H3,(H2,16,18). The number of nitrogens with two attached hydrogens (primary N) is 2. The van der Waals surface area contributed by atoms with Crippen molar-refractivity contribution >= 4 is 11.8 Å². The maximum absolute atomic E-state index is 12.5. The first kappa shape index (κ1) is 14.3. The van der Waals surface area contributed by atoms with Gasteiger partial charge < -0.3 is 16.4 Å². The number of nitrogens with zero attached hydrogens (tertiary/aromatic N) is 1. The molecule has 2 aliphatic rings. The normalized spacial score (nSPS) is 33.2. The molecule has 1 saturated carbocycles. The SMILES string of the molecule is CC1CCC(N)C(C(=O)N2CCC(C(N)=O)CC2)C1. The molecule has 1 saturated heterocycles. The molecule has 2 amide bonds. The van der Waals surface area contributed by atoms with Gasteiger partial charge in [0, 0.05) is 25.0 Å². The van der Waals surface area contributed by atoms with Gasteiger partial charge in [-0.2, -0.15) is 0 Å². The second-order valence-corrected chi connectivity index (χ2v) is 6.19. The summed E-state index contributed by atoms with van der Waals surface area (Å²) in [4.78, 5) is 25.5. The molecule has 1 heterocycles. The van der Waals surface area contributed by atoms with E-state index >= 15 is 0 Å². The van der Waals surface area contributed by atoms with Crippen molar-refractivity contribution in [3.63, 3.8) is 0 Å². The molecule has 3 unspecified atom stereocenters. The highest BCUT2D eigenvalue weighted by atomic mass is 16.2. The average molecular weight is 267 g/mol. The largest absolute Gasteiger partial charge is 0.369 e. The number of carbonyl (C=O) groups is 2. The van der Waals surface area contributed by atoms with Crippen LogP contribution < -0.4 is 11.5 Å². The van der Waals surface area contributed by atoms with E-state index in [4.69, 9.17) is 11.5 Å². The number of amides is 2. The molecule has 0 radical (unpaired) electrons. The van der Waals surface area contributed by atoms with Crippen molar-refractivity contribution in [2.75, 3.05) is 13.1 Å². The fourth-order valence-corrected chi connectivity index (χ4v) is 3.31. The Hall–Kier alpha value is -1.10. The van der Waals surface area contributed by atoms with Gasteiger partial charge in [-0.15, -0.1) is 0 Å². The minimum atomic E-state index is -0.241. The van der Waals surface area contributed by atoms with E-state index in [9.17, 15) is 9.59 Å².